The van der Waals surface area contributed by atoms with E-state index >= 15 is 0 Å². The SMILES string of the molecule is CCOC(=O)CS(=O)(=O)Nc1cc(N)c(C)cc1Br. The number of halogens is 1. The van der Waals surface area contributed by atoms with Gasteiger partial charge in [0.25, 0.3) is 0 Å². The highest BCUT2D eigenvalue weighted by atomic mass is 79.9. The van der Waals surface area contributed by atoms with Crippen molar-refractivity contribution >= 4 is 43.3 Å². The Morgan fingerprint density at radius 2 is 2.11 bits per heavy atom. The minimum Gasteiger partial charge on any atom is -0.465 e. The van der Waals surface area contributed by atoms with Gasteiger partial charge in [0.05, 0.1) is 12.3 Å². The van der Waals surface area contributed by atoms with Gasteiger partial charge in [0.1, 0.15) is 0 Å². The first-order valence-corrected chi connectivity index (χ1v) is 7.91. The van der Waals surface area contributed by atoms with Gasteiger partial charge in [-0.3, -0.25) is 9.52 Å². The van der Waals surface area contributed by atoms with E-state index < -0.39 is 21.7 Å². The van der Waals surface area contributed by atoms with Crippen LogP contribution in [0.2, 0.25) is 0 Å². The van der Waals surface area contributed by atoms with Crippen LogP contribution in [0.3, 0.4) is 0 Å². The maximum Gasteiger partial charge on any atom is 0.323 e. The Balaban J connectivity index is 2.90. The number of nitrogen functional groups attached to an aromatic ring is 1. The molecule has 8 heteroatoms. The van der Waals surface area contributed by atoms with E-state index in [1.807, 2.05) is 0 Å². The quantitative estimate of drug-likeness (QED) is 0.621. The standard InChI is InChI=1S/C11H15BrN2O4S/c1-3-18-11(15)6-19(16,17)14-10-5-9(13)7(2)4-8(10)12/h4-5,14H,3,6,13H2,1-2H3. The molecule has 0 aliphatic rings. The van der Waals surface area contributed by atoms with Crippen LogP contribution >= 0.6 is 15.9 Å². The average Bonchev–Trinajstić information content (AvgIpc) is 2.24. The predicted octanol–water partition coefficient (Wildman–Crippen LogP) is 1.64. The van der Waals surface area contributed by atoms with Gasteiger partial charge in [0, 0.05) is 10.2 Å². The van der Waals surface area contributed by atoms with Gasteiger partial charge in [-0.1, -0.05) is 0 Å². The second-order valence-corrected chi connectivity index (χ2v) is 6.43. The van der Waals surface area contributed by atoms with Gasteiger partial charge in [-0.2, -0.15) is 0 Å². The van der Waals surface area contributed by atoms with Crippen molar-refractivity contribution in [1.29, 1.82) is 0 Å². The molecule has 0 fully saturated rings. The zero-order valence-corrected chi connectivity index (χ0v) is 13.0. The number of hydrogen-bond acceptors (Lipinski definition) is 5. The highest BCUT2D eigenvalue weighted by molar-refractivity contribution is 9.10. The number of sulfonamides is 1. The molecule has 1 aromatic carbocycles. The Morgan fingerprint density at radius 1 is 1.47 bits per heavy atom. The molecule has 0 unspecified atom stereocenters. The molecule has 1 rings (SSSR count). The molecule has 0 aliphatic heterocycles. The smallest absolute Gasteiger partial charge is 0.323 e. The van der Waals surface area contributed by atoms with Crippen LogP contribution in [0.4, 0.5) is 11.4 Å². The van der Waals surface area contributed by atoms with E-state index in [1.54, 1.807) is 19.9 Å². The Bertz CT molecular complexity index is 587. The van der Waals surface area contributed by atoms with Gasteiger partial charge in [-0.15, -0.1) is 0 Å². The van der Waals surface area contributed by atoms with Gasteiger partial charge >= 0.3 is 5.97 Å². The summed E-state index contributed by atoms with van der Waals surface area (Å²) in [4.78, 5) is 11.2. The number of carbonyl (C=O) groups is 1. The monoisotopic (exact) mass is 350 g/mol. The van der Waals surface area contributed by atoms with Crippen molar-refractivity contribution in [3.63, 3.8) is 0 Å². The third kappa shape index (κ3) is 4.71. The second kappa shape index (κ2) is 6.25. The van der Waals surface area contributed by atoms with Crippen LogP contribution in [0.15, 0.2) is 16.6 Å². The van der Waals surface area contributed by atoms with E-state index in [1.165, 1.54) is 6.07 Å². The molecule has 106 valence electrons. The average molecular weight is 351 g/mol. The lowest BCUT2D eigenvalue weighted by atomic mass is 10.2. The molecule has 0 saturated heterocycles. The number of ether oxygens (including phenoxy) is 1. The summed E-state index contributed by atoms with van der Waals surface area (Å²) in [6.07, 6.45) is 0. The molecular formula is C11H15BrN2O4S. The molecule has 0 bridgehead atoms. The first kappa shape index (κ1) is 15.8. The summed E-state index contributed by atoms with van der Waals surface area (Å²) in [5, 5.41) is 0. The molecule has 0 spiro atoms. The van der Waals surface area contributed by atoms with Crippen molar-refractivity contribution < 1.29 is 17.9 Å². The zero-order valence-electron chi connectivity index (χ0n) is 10.6. The predicted molar refractivity (Wildman–Crippen MR) is 77.3 cm³/mol. The molecule has 0 radical (unpaired) electrons. The van der Waals surface area contributed by atoms with Crippen LogP contribution in [-0.4, -0.2) is 26.7 Å². The number of hydrogen-bond donors (Lipinski definition) is 2. The molecule has 6 nitrogen and oxygen atoms in total. The molecule has 0 saturated carbocycles. The fourth-order valence-electron chi connectivity index (χ4n) is 1.33. The van der Waals surface area contributed by atoms with Crippen molar-refractivity contribution in [3.05, 3.63) is 22.2 Å². The van der Waals surface area contributed by atoms with Crippen LogP contribution in [0.25, 0.3) is 0 Å². The van der Waals surface area contributed by atoms with Crippen molar-refractivity contribution in [2.45, 2.75) is 13.8 Å². The van der Waals surface area contributed by atoms with Gasteiger partial charge in [0.15, 0.2) is 5.75 Å². The van der Waals surface area contributed by atoms with Crippen LogP contribution in [0, 0.1) is 6.92 Å². The van der Waals surface area contributed by atoms with E-state index in [0.717, 1.165) is 5.56 Å². The number of esters is 1. The Hall–Kier alpha value is -1.28. The number of benzene rings is 1. The lowest BCUT2D eigenvalue weighted by Crippen LogP contribution is -2.24. The topological polar surface area (TPSA) is 98.5 Å². The fraction of sp³-hybridized carbons (Fsp3) is 0.364. The third-order valence-corrected chi connectivity index (χ3v) is 4.04. The first-order chi connectivity index (χ1) is 8.75. The molecule has 0 atom stereocenters. The number of aryl methyl sites for hydroxylation is 1. The molecule has 1 aromatic rings. The summed E-state index contributed by atoms with van der Waals surface area (Å²) in [6.45, 7) is 3.54. The van der Waals surface area contributed by atoms with Gasteiger partial charge in [0.2, 0.25) is 10.0 Å². The molecule has 0 aromatic heterocycles. The summed E-state index contributed by atoms with van der Waals surface area (Å²) >= 11 is 3.23. The van der Waals surface area contributed by atoms with Gasteiger partial charge < -0.3 is 10.5 Å². The van der Waals surface area contributed by atoms with E-state index in [-0.39, 0.29) is 12.3 Å². The molecule has 0 amide bonds. The minimum absolute atomic E-state index is 0.134. The largest absolute Gasteiger partial charge is 0.465 e. The van der Waals surface area contributed by atoms with E-state index in [9.17, 15) is 13.2 Å². The highest BCUT2D eigenvalue weighted by Crippen LogP contribution is 2.28. The molecule has 19 heavy (non-hydrogen) atoms. The normalized spacial score (nSPS) is 11.1. The van der Waals surface area contributed by atoms with Crippen LogP contribution in [0.1, 0.15) is 12.5 Å². The van der Waals surface area contributed by atoms with Crippen LogP contribution in [-0.2, 0) is 19.6 Å². The summed E-state index contributed by atoms with van der Waals surface area (Å²) in [7, 11) is -3.82. The van der Waals surface area contributed by atoms with Crippen LogP contribution in [0.5, 0.6) is 0 Å². The number of rotatable bonds is 5. The maximum atomic E-state index is 11.8. The van der Waals surface area contributed by atoms with E-state index in [0.29, 0.717) is 10.2 Å². The molecule has 0 aliphatic carbocycles. The van der Waals surface area contributed by atoms with Crippen molar-refractivity contribution in [1.82, 2.24) is 0 Å². The highest BCUT2D eigenvalue weighted by Gasteiger charge is 2.19. The number of nitrogens with one attached hydrogen (secondary N) is 1. The first-order valence-electron chi connectivity index (χ1n) is 5.47. The number of carbonyl (C=O) groups excluding carboxylic acids is 1. The zero-order chi connectivity index (χ0) is 14.6. The second-order valence-electron chi connectivity index (χ2n) is 3.85. The molecule has 0 heterocycles. The summed E-state index contributed by atoms with van der Waals surface area (Å²) < 4.78 is 31.0. The number of nitrogens with two attached hydrogens (primary N) is 1. The Kier molecular flexibility index (Phi) is 5.19. The van der Waals surface area contributed by atoms with E-state index in [2.05, 4.69) is 25.4 Å². The van der Waals surface area contributed by atoms with Crippen LogP contribution < -0.4 is 10.5 Å². The van der Waals surface area contributed by atoms with Gasteiger partial charge in [-0.05, 0) is 47.5 Å². The fourth-order valence-corrected chi connectivity index (χ4v) is 2.99. The van der Waals surface area contributed by atoms with Gasteiger partial charge in [-0.25, -0.2) is 8.42 Å². The van der Waals surface area contributed by atoms with E-state index in [4.69, 9.17) is 5.73 Å². The summed E-state index contributed by atoms with van der Waals surface area (Å²) in [5.41, 5.74) is 7.27. The number of anilines is 2. The Labute approximate surface area is 120 Å². The third-order valence-electron chi connectivity index (χ3n) is 2.23. The minimum atomic E-state index is -3.82. The van der Waals surface area contributed by atoms with Crippen molar-refractivity contribution in [3.8, 4) is 0 Å². The maximum absolute atomic E-state index is 11.8. The molecular weight excluding hydrogens is 336 g/mol. The Morgan fingerprint density at radius 3 is 2.68 bits per heavy atom. The lowest BCUT2D eigenvalue weighted by molar-refractivity contribution is -0.139. The van der Waals surface area contributed by atoms with Crippen molar-refractivity contribution in [2.24, 2.45) is 0 Å². The summed E-state index contributed by atoms with van der Waals surface area (Å²) in [6, 6.07) is 3.18. The van der Waals surface area contributed by atoms with Crippen molar-refractivity contribution in [2.75, 3.05) is 22.8 Å². The molecule has 3 N–H and O–H groups in total. The summed E-state index contributed by atoms with van der Waals surface area (Å²) in [5.74, 6) is -1.53. The lowest BCUT2D eigenvalue weighted by Gasteiger charge is -2.11.